The summed E-state index contributed by atoms with van der Waals surface area (Å²) in [5, 5.41) is 5.34. The summed E-state index contributed by atoms with van der Waals surface area (Å²) >= 11 is 0. The monoisotopic (exact) mass is 488 g/mol. The van der Waals surface area contributed by atoms with Crippen LogP contribution in [0.4, 0.5) is 0 Å². The highest BCUT2D eigenvalue weighted by atomic mass is 14.3. The van der Waals surface area contributed by atoms with Gasteiger partial charge < -0.3 is 0 Å². The van der Waals surface area contributed by atoms with Crippen LogP contribution in [0.2, 0.25) is 0 Å². The van der Waals surface area contributed by atoms with Gasteiger partial charge in [-0.15, -0.1) is 0 Å². The molecule has 0 nitrogen and oxygen atoms in total. The molecule has 6 aromatic carbocycles. The topological polar surface area (TPSA) is 0 Å². The molecule has 0 atom stereocenters. The zero-order valence-electron chi connectivity index (χ0n) is 22.5. The molecule has 0 N–H and O–H groups in total. The molecule has 0 amide bonds. The molecule has 0 saturated carbocycles. The smallest absolute Gasteiger partial charge is 0.000753 e. The molecule has 7 rings (SSSR count). The molecule has 38 heavy (non-hydrogen) atoms. The minimum atomic E-state index is 0.444. The van der Waals surface area contributed by atoms with Crippen LogP contribution in [-0.4, -0.2) is 0 Å². The van der Waals surface area contributed by atoms with Crippen LogP contribution in [0.3, 0.4) is 0 Å². The van der Waals surface area contributed by atoms with E-state index in [0.29, 0.717) is 11.8 Å². The highest BCUT2D eigenvalue weighted by Gasteiger charge is 2.30. The predicted molar refractivity (Wildman–Crippen MR) is 165 cm³/mol. The van der Waals surface area contributed by atoms with Crippen molar-refractivity contribution in [2.24, 2.45) is 0 Å². The van der Waals surface area contributed by atoms with Crippen molar-refractivity contribution in [1.29, 1.82) is 0 Å². The van der Waals surface area contributed by atoms with Crippen LogP contribution in [0.1, 0.15) is 50.7 Å². The molecular formula is C38H32. The van der Waals surface area contributed by atoms with Crippen LogP contribution in [0.15, 0.2) is 109 Å². The molecule has 0 aromatic heterocycles. The van der Waals surface area contributed by atoms with E-state index in [2.05, 4.69) is 137 Å². The fraction of sp³-hybridized carbons (Fsp3) is 0.158. The lowest BCUT2D eigenvalue weighted by Crippen LogP contribution is -1.97. The Morgan fingerprint density at radius 2 is 0.921 bits per heavy atom. The summed E-state index contributed by atoms with van der Waals surface area (Å²) in [6, 6.07) is 40.9. The summed E-state index contributed by atoms with van der Waals surface area (Å²) in [4.78, 5) is 0. The van der Waals surface area contributed by atoms with Crippen molar-refractivity contribution < 1.29 is 0 Å². The molecule has 0 saturated heterocycles. The van der Waals surface area contributed by atoms with Crippen molar-refractivity contribution in [2.45, 2.75) is 39.5 Å². The lowest BCUT2D eigenvalue weighted by atomic mass is 9.82. The van der Waals surface area contributed by atoms with Gasteiger partial charge in [0.05, 0.1) is 0 Å². The van der Waals surface area contributed by atoms with Gasteiger partial charge in [-0.05, 0) is 95.1 Å². The summed E-state index contributed by atoms with van der Waals surface area (Å²) in [6.07, 6.45) is 0. The largest absolute Gasteiger partial charge is 0.0619 e. The van der Waals surface area contributed by atoms with E-state index in [1.807, 2.05) is 0 Å². The maximum Gasteiger partial charge on any atom is -0.000753 e. The Kier molecular flexibility index (Phi) is 5.27. The lowest BCUT2D eigenvalue weighted by molar-refractivity contribution is 0.868. The summed E-state index contributed by atoms with van der Waals surface area (Å²) in [7, 11) is 0. The third-order valence-corrected chi connectivity index (χ3v) is 8.36. The number of rotatable bonds is 4. The summed E-state index contributed by atoms with van der Waals surface area (Å²) in [5.41, 5.74) is 13.7. The maximum atomic E-state index is 2.39. The Morgan fingerprint density at radius 3 is 1.58 bits per heavy atom. The molecule has 0 heteroatoms. The van der Waals surface area contributed by atoms with Gasteiger partial charge in [-0.25, -0.2) is 0 Å². The fourth-order valence-corrected chi connectivity index (χ4v) is 6.67. The fourth-order valence-electron chi connectivity index (χ4n) is 6.67. The average Bonchev–Trinajstić information content (AvgIpc) is 3.30. The van der Waals surface area contributed by atoms with E-state index in [-0.39, 0.29) is 0 Å². The van der Waals surface area contributed by atoms with Crippen molar-refractivity contribution in [1.82, 2.24) is 0 Å². The first kappa shape index (κ1) is 23.0. The second-order valence-corrected chi connectivity index (χ2v) is 11.3. The predicted octanol–water partition coefficient (Wildman–Crippen LogP) is 11.2. The van der Waals surface area contributed by atoms with Crippen LogP contribution in [0, 0.1) is 0 Å². The van der Waals surface area contributed by atoms with Gasteiger partial charge in [0.25, 0.3) is 0 Å². The quantitative estimate of drug-likeness (QED) is 0.216. The molecule has 0 radical (unpaired) electrons. The second kappa shape index (κ2) is 8.71. The highest BCUT2D eigenvalue weighted by Crippen LogP contribution is 2.57. The van der Waals surface area contributed by atoms with E-state index in [0.717, 1.165) is 0 Å². The normalized spacial score (nSPS) is 12.2. The van der Waals surface area contributed by atoms with Gasteiger partial charge in [-0.3, -0.25) is 0 Å². The Labute approximate surface area is 225 Å². The molecule has 184 valence electrons. The third kappa shape index (κ3) is 3.30. The van der Waals surface area contributed by atoms with Crippen LogP contribution >= 0.6 is 0 Å². The van der Waals surface area contributed by atoms with Crippen molar-refractivity contribution in [2.75, 3.05) is 0 Å². The van der Waals surface area contributed by atoms with Gasteiger partial charge in [0.1, 0.15) is 0 Å². The van der Waals surface area contributed by atoms with Crippen LogP contribution in [0.5, 0.6) is 0 Å². The van der Waals surface area contributed by atoms with E-state index in [1.54, 1.807) is 0 Å². The van der Waals surface area contributed by atoms with E-state index < -0.39 is 0 Å². The first-order valence-corrected chi connectivity index (χ1v) is 13.9. The minimum Gasteiger partial charge on any atom is -0.0619 e. The molecule has 1 aliphatic rings. The zero-order chi connectivity index (χ0) is 26.0. The van der Waals surface area contributed by atoms with Crippen molar-refractivity contribution in [3.05, 3.63) is 120 Å². The maximum absolute atomic E-state index is 2.39. The number of benzene rings is 6. The van der Waals surface area contributed by atoms with Crippen LogP contribution in [-0.2, 0) is 0 Å². The van der Waals surface area contributed by atoms with Gasteiger partial charge in [-0.1, -0.05) is 131 Å². The molecule has 0 aliphatic heterocycles. The first-order chi connectivity index (χ1) is 18.5. The van der Waals surface area contributed by atoms with Crippen LogP contribution < -0.4 is 0 Å². The Balaban J connectivity index is 1.69. The number of fused-ring (bicyclic) bond motifs is 5. The average molecular weight is 489 g/mol. The van der Waals surface area contributed by atoms with Crippen LogP contribution in [0.25, 0.3) is 66.1 Å². The molecule has 0 bridgehead atoms. The van der Waals surface area contributed by atoms with Crippen molar-refractivity contribution in [3.8, 4) is 44.5 Å². The van der Waals surface area contributed by atoms with E-state index in [9.17, 15) is 0 Å². The zero-order valence-corrected chi connectivity index (χ0v) is 22.5. The van der Waals surface area contributed by atoms with Crippen molar-refractivity contribution in [3.63, 3.8) is 0 Å². The standard InChI is InChI=1S/C38H32/c1-23(2)27-14-7-9-17-30(27)32-20-21-33(31-18-10-8-15-28(31)24(3)4)38-36(32)34-19-11-13-26-22-25-12-5-6-16-29(25)37(38)35(26)34/h5-24H,1-4H3. The Bertz CT molecular complexity index is 1870. The second-order valence-electron chi connectivity index (χ2n) is 11.3. The van der Waals surface area contributed by atoms with Gasteiger partial charge >= 0.3 is 0 Å². The van der Waals surface area contributed by atoms with E-state index >= 15 is 0 Å². The summed E-state index contributed by atoms with van der Waals surface area (Å²) in [5.74, 6) is 0.892. The molecular weight excluding hydrogens is 456 g/mol. The van der Waals surface area contributed by atoms with E-state index in [4.69, 9.17) is 0 Å². The lowest BCUT2D eigenvalue weighted by Gasteiger charge is -2.21. The third-order valence-electron chi connectivity index (χ3n) is 8.36. The molecule has 0 unspecified atom stereocenters. The SMILES string of the molecule is CC(C)c1ccccc1-c1ccc(-c2ccccc2C(C)C)c2c1-c1cccc3cc4ccccc4c-2c13. The summed E-state index contributed by atoms with van der Waals surface area (Å²) in [6.45, 7) is 9.21. The van der Waals surface area contributed by atoms with Gasteiger partial charge in [0.15, 0.2) is 0 Å². The van der Waals surface area contributed by atoms with Crippen molar-refractivity contribution >= 4 is 21.5 Å². The van der Waals surface area contributed by atoms with E-state index in [1.165, 1.54) is 77.2 Å². The molecule has 1 aliphatic carbocycles. The highest BCUT2D eigenvalue weighted by molar-refractivity contribution is 6.27. The number of hydrogen-bond acceptors (Lipinski definition) is 0. The number of hydrogen-bond donors (Lipinski definition) is 0. The van der Waals surface area contributed by atoms with Gasteiger partial charge in [0, 0.05) is 0 Å². The molecule has 6 aromatic rings. The Morgan fingerprint density at radius 1 is 0.395 bits per heavy atom. The summed E-state index contributed by atoms with van der Waals surface area (Å²) < 4.78 is 0. The minimum absolute atomic E-state index is 0.444. The molecule has 0 spiro atoms. The van der Waals surface area contributed by atoms with Gasteiger partial charge in [-0.2, -0.15) is 0 Å². The van der Waals surface area contributed by atoms with Gasteiger partial charge in [0.2, 0.25) is 0 Å². The first-order valence-electron chi connectivity index (χ1n) is 13.9. The molecule has 0 heterocycles. The Hall–Kier alpha value is -4.16. The molecule has 0 fully saturated rings.